The molecule has 3 fully saturated rings. The van der Waals surface area contributed by atoms with Crippen molar-refractivity contribution in [2.45, 2.75) is 19.0 Å². The number of nitrogens with one attached hydrogen (secondary N) is 1. The van der Waals surface area contributed by atoms with Crippen molar-refractivity contribution in [2.24, 2.45) is 0 Å². The highest BCUT2D eigenvalue weighted by atomic mass is 16.5. The first-order valence-corrected chi connectivity index (χ1v) is 6.99. The van der Waals surface area contributed by atoms with E-state index in [-0.39, 0.29) is 0 Å². The van der Waals surface area contributed by atoms with Gasteiger partial charge < -0.3 is 10.1 Å². The minimum absolute atomic E-state index is 0.547. The Morgan fingerprint density at radius 1 is 0.941 bits per heavy atom. The second-order valence-corrected chi connectivity index (χ2v) is 5.16. The van der Waals surface area contributed by atoms with Gasteiger partial charge in [-0.1, -0.05) is 0 Å². The van der Waals surface area contributed by atoms with Gasteiger partial charge in [-0.15, -0.1) is 0 Å². The Bertz CT molecular complexity index is 239. The van der Waals surface area contributed by atoms with Gasteiger partial charge >= 0.3 is 0 Å². The molecule has 0 bridgehead atoms. The molecule has 0 aromatic rings. The zero-order chi connectivity index (χ0) is 11.5. The van der Waals surface area contributed by atoms with Crippen LogP contribution in [0.2, 0.25) is 0 Å². The largest absolute Gasteiger partial charge is 0.379 e. The summed E-state index contributed by atoms with van der Waals surface area (Å²) in [5.74, 6) is 0. The molecule has 0 aromatic carbocycles. The van der Waals surface area contributed by atoms with E-state index >= 15 is 0 Å². The standard InChI is InChI=1S/C12H24N4O/c1-2-5-15(4-1)16-6-3-13-11-12(16)14-7-9-17-10-8-14/h12-13H,1-11H2. The second kappa shape index (κ2) is 5.63. The van der Waals surface area contributed by atoms with Crippen LogP contribution in [0.25, 0.3) is 0 Å². The molecule has 5 heteroatoms. The third-order valence-corrected chi connectivity index (χ3v) is 4.10. The van der Waals surface area contributed by atoms with Crippen LogP contribution in [0.3, 0.4) is 0 Å². The average Bonchev–Trinajstić information content (AvgIpc) is 2.94. The summed E-state index contributed by atoms with van der Waals surface area (Å²) in [6.07, 6.45) is 3.27. The number of nitrogens with zero attached hydrogens (tertiary/aromatic N) is 3. The number of morpholine rings is 1. The maximum Gasteiger partial charge on any atom is 0.0888 e. The van der Waals surface area contributed by atoms with Crippen molar-refractivity contribution in [1.82, 2.24) is 20.2 Å². The minimum Gasteiger partial charge on any atom is -0.379 e. The van der Waals surface area contributed by atoms with E-state index in [2.05, 4.69) is 20.2 Å². The van der Waals surface area contributed by atoms with E-state index in [0.29, 0.717) is 6.17 Å². The molecule has 5 nitrogen and oxygen atoms in total. The maximum atomic E-state index is 5.46. The molecule has 3 rings (SSSR count). The third kappa shape index (κ3) is 2.63. The number of hydrogen-bond acceptors (Lipinski definition) is 5. The lowest BCUT2D eigenvalue weighted by atomic mass is 10.3. The lowest BCUT2D eigenvalue weighted by molar-refractivity contribution is -0.130. The molecule has 3 heterocycles. The normalized spacial score (nSPS) is 34.2. The lowest BCUT2D eigenvalue weighted by Crippen LogP contribution is -2.65. The van der Waals surface area contributed by atoms with Gasteiger partial charge in [0.15, 0.2) is 0 Å². The lowest BCUT2D eigenvalue weighted by Gasteiger charge is -2.47. The van der Waals surface area contributed by atoms with E-state index in [1.54, 1.807) is 0 Å². The fraction of sp³-hybridized carbons (Fsp3) is 1.00. The third-order valence-electron chi connectivity index (χ3n) is 4.10. The van der Waals surface area contributed by atoms with Crippen LogP contribution in [0.4, 0.5) is 0 Å². The molecule has 1 atom stereocenters. The molecular formula is C12H24N4O. The van der Waals surface area contributed by atoms with Gasteiger partial charge in [0.05, 0.1) is 19.4 Å². The predicted molar refractivity (Wildman–Crippen MR) is 66.6 cm³/mol. The first-order valence-electron chi connectivity index (χ1n) is 6.99. The van der Waals surface area contributed by atoms with E-state index in [9.17, 15) is 0 Å². The highest BCUT2D eigenvalue weighted by Gasteiger charge is 2.33. The van der Waals surface area contributed by atoms with Crippen molar-refractivity contribution >= 4 is 0 Å². The molecule has 0 spiro atoms. The van der Waals surface area contributed by atoms with Crippen molar-refractivity contribution in [3.05, 3.63) is 0 Å². The molecule has 17 heavy (non-hydrogen) atoms. The SMILES string of the molecule is C1CCN(N2CCNCC2N2CCOCC2)C1. The Morgan fingerprint density at radius 2 is 1.71 bits per heavy atom. The van der Waals surface area contributed by atoms with E-state index in [1.165, 1.54) is 25.9 Å². The summed E-state index contributed by atoms with van der Waals surface area (Å²) < 4.78 is 5.46. The van der Waals surface area contributed by atoms with Crippen molar-refractivity contribution in [3.8, 4) is 0 Å². The Kier molecular flexibility index (Phi) is 3.93. The van der Waals surface area contributed by atoms with Crippen LogP contribution in [0.5, 0.6) is 0 Å². The van der Waals surface area contributed by atoms with Gasteiger partial charge in [0.25, 0.3) is 0 Å². The summed E-state index contributed by atoms with van der Waals surface area (Å²) in [5, 5.41) is 8.71. The van der Waals surface area contributed by atoms with Gasteiger partial charge in [0, 0.05) is 45.8 Å². The smallest absolute Gasteiger partial charge is 0.0888 e. The van der Waals surface area contributed by atoms with Crippen LogP contribution in [0.15, 0.2) is 0 Å². The number of hydrazine groups is 1. The molecule has 0 aromatic heterocycles. The second-order valence-electron chi connectivity index (χ2n) is 5.16. The highest BCUT2D eigenvalue weighted by Crippen LogP contribution is 2.18. The quantitative estimate of drug-likeness (QED) is 0.707. The van der Waals surface area contributed by atoms with E-state index in [4.69, 9.17) is 4.74 Å². The van der Waals surface area contributed by atoms with Crippen LogP contribution < -0.4 is 5.32 Å². The van der Waals surface area contributed by atoms with Gasteiger partial charge in [0.2, 0.25) is 0 Å². The van der Waals surface area contributed by atoms with Crippen molar-refractivity contribution in [2.75, 3.05) is 59.0 Å². The Labute approximate surface area is 104 Å². The molecule has 0 saturated carbocycles. The fourth-order valence-electron chi connectivity index (χ4n) is 3.16. The minimum atomic E-state index is 0.547. The van der Waals surface area contributed by atoms with Crippen molar-refractivity contribution in [3.63, 3.8) is 0 Å². The van der Waals surface area contributed by atoms with Crippen LogP contribution in [-0.4, -0.2) is 80.1 Å². The fourth-order valence-corrected chi connectivity index (χ4v) is 3.16. The van der Waals surface area contributed by atoms with E-state index in [1.807, 2.05) is 0 Å². The number of rotatable bonds is 2. The van der Waals surface area contributed by atoms with Gasteiger partial charge in [-0.05, 0) is 12.8 Å². The van der Waals surface area contributed by atoms with Gasteiger partial charge in [0.1, 0.15) is 0 Å². The maximum absolute atomic E-state index is 5.46. The summed E-state index contributed by atoms with van der Waals surface area (Å²) in [6.45, 7) is 9.82. The highest BCUT2D eigenvalue weighted by molar-refractivity contribution is 4.82. The first kappa shape index (κ1) is 11.9. The van der Waals surface area contributed by atoms with Crippen LogP contribution >= 0.6 is 0 Å². The average molecular weight is 240 g/mol. The predicted octanol–water partition coefficient (Wildman–Crippen LogP) is -0.439. The molecule has 1 N–H and O–H groups in total. The van der Waals surface area contributed by atoms with Crippen LogP contribution in [-0.2, 0) is 4.74 Å². The van der Waals surface area contributed by atoms with E-state index in [0.717, 1.165) is 45.9 Å². The van der Waals surface area contributed by atoms with Crippen molar-refractivity contribution in [1.29, 1.82) is 0 Å². The molecule has 0 aliphatic carbocycles. The molecular weight excluding hydrogens is 216 g/mol. The summed E-state index contributed by atoms with van der Waals surface area (Å²) in [7, 11) is 0. The topological polar surface area (TPSA) is 31.0 Å². The summed E-state index contributed by atoms with van der Waals surface area (Å²) in [4.78, 5) is 2.58. The molecule has 0 amide bonds. The molecule has 1 unspecified atom stereocenters. The summed E-state index contributed by atoms with van der Waals surface area (Å²) >= 11 is 0. The molecule has 98 valence electrons. The zero-order valence-electron chi connectivity index (χ0n) is 10.6. The van der Waals surface area contributed by atoms with Crippen LogP contribution in [0, 0.1) is 0 Å². The summed E-state index contributed by atoms with van der Waals surface area (Å²) in [6, 6.07) is 0. The van der Waals surface area contributed by atoms with Gasteiger partial charge in [-0.3, -0.25) is 4.90 Å². The molecule has 0 radical (unpaired) electrons. The number of hydrogen-bond donors (Lipinski definition) is 1. The van der Waals surface area contributed by atoms with Gasteiger partial charge in [-0.25, -0.2) is 10.0 Å². The molecule has 3 aliphatic heterocycles. The molecule has 3 aliphatic rings. The zero-order valence-corrected chi connectivity index (χ0v) is 10.6. The molecule has 3 saturated heterocycles. The van der Waals surface area contributed by atoms with E-state index < -0.39 is 0 Å². The number of piperazine rings is 1. The van der Waals surface area contributed by atoms with Gasteiger partial charge in [-0.2, -0.15) is 0 Å². The number of ether oxygens (including phenoxy) is 1. The Morgan fingerprint density at radius 3 is 2.47 bits per heavy atom. The summed E-state index contributed by atoms with van der Waals surface area (Å²) in [5.41, 5.74) is 0. The Balaban J connectivity index is 1.65. The Hall–Kier alpha value is -0.200. The van der Waals surface area contributed by atoms with Crippen molar-refractivity contribution < 1.29 is 4.74 Å². The first-order chi connectivity index (χ1) is 8.45. The monoisotopic (exact) mass is 240 g/mol. The van der Waals surface area contributed by atoms with Crippen LogP contribution in [0.1, 0.15) is 12.8 Å².